The molecule has 12 nitrogen and oxygen atoms in total. The van der Waals surface area contributed by atoms with Crippen LogP contribution >= 0.6 is 0 Å². The molecule has 1 aromatic carbocycles. The maximum absolute atomic E-state index is 13.3. The van der Waals surface area contributed by atoms with Gasteiger partial charge in [-0.25, -0.2) is 22.7 Å². The predicted octanol–water partition coefficient (Wildman–Crippen LogP) is 3.22. The van der Waals surface area contributed by atoms with E-state index in [2.05, 4.69) is 9.71 Å². The molecule has 3 N–H and O–H groups in total. The number of H-pyrrole nitrogens is 1. The Kier molecular flexibility index (Phi) is 11.4. The molecule has 0 radical (unpaired) electrons. The molecule has 13 heteroatoms. The number of benzene rings is 1. The lowest BCUT2D eigenvalue weighted by atomic mass is 9.93. The number of hydrogen-bond donors (Lipinski definition) is 3. The van der Waals surface area contributed by atoms with Gasteiger partial charge in [0, 0.05) is 19.6 Å². The monoisotopic (exact) mass is 608 g/mol. The van der Waals surface area contributed by atoms with E-state index in [1.54, 1.807) is 23.1 Å². The molecule has 0 spiro atoms. The number of rotatable bonds is 13. The molecule has 0 saturated carbocycles. The van der Waals surface area contributed by atoms with E-state index in [0.29, 0.717) is 56.1 Å². The molecule has 2 heterocycles. The van der Waals surface area contributed by atoms with Gasteiger partial charge in [0.1, 0.15) is 11.6 Å². The smallest absolute Gasteiger partial charge is 0.410 e. The summed E-state index contributed by atoms with van der Waals surface area (Å²) in [6.45, 7) is 8.73. The van der Waals surface area contributed by atoms with Crippen molar-refractivity contribution in [2.75, 3.05) is 18.8 Å². The summed E-state index contributed by atoms with van der Waals surface area (Å²) in [5.74, 6) is -1.09. The van der Waals surface area contributed by atoms with Gasteiger partial charge in [0.25, 0.3) is 5.56 Å². The lowest BCUT2D eigenvalue weighted by Crippen LogP contribution is -2.42. The summed E-state index contributed by atoms with van der Waals surface area (Å²) >= 11 is 0. The summed E-state index contributed by atoms with van der Waals surface area (Å²) in [5, 5.41) is 9.85. The van der Waals surface area contributed by atoms with Crippen LogP contribution in [0.1, 0.15) is 78.2 Å². The predicted molar refractivity (Wildman–Crippen MR) is 160 cm³/mol. The van der Waals surface area contributed by atoms with Crippen molar-refractivity contribution in [1.29, 1.82) is 0 Å². The summed E-state index contributed by atoms with van der Waals surface area (Å²) in [6, 6.07) is 3.90. The number of aromatic nitrogens is 2. The lowest BCUT2D eigenvalue weighted by Gasteiger charge is -2.33. The van der Waals surface area contributed by atoms with E-state index in [1.807, 2.05) is 27.7 Å². The fraction of sp³-hybridized carbons (Fsp3) is 0.655. The molecule has 1 aromatic heterocycles. The fourth-order valence-electron chi connectivity index (χ4n) is 5.05. The third kappa shape index (κ3) is 9.69. The highest BCUT2D eigenvalue weighted by Gasteiger charge is 2.27. The minimum Gasteiger partial charge on any atom is -0.480 e. The van der Waals surface area contributed by atoms with Crippen LogP contribution < -0.4 is 16.0 Å². The first-order chi connectivity index (χ1) is 19.7. The number of sulfonamides is 1. The van der Waals surface area contributed by atoms with Gasteiger partial charge in [-0.15, -0.1) is 0 Å². The number of aliphatic carboxylic acids is 1. The van der Waals surface area contributed by atoms with Gasteiger partial charge < -0.3 is 19.7 Å². The molecule has 42 heavy (non-hydrogen) atoms. The average Bonchev–Trinajstić information content (AvgIpc) is 2.91. The molecule has 0 aliphatic carbocycles. The lowest BCUT2D eigenvalue weighted by molar-refractivity contribution is -0.139. The van der Waals surface area contributed by atoms with Crippen LogP contribution in [0.4, 0.5) is 4.79 Å². The quantitative estimate of drug-likeness (QED) is 0.312. The fourth-order valence-corrected chi connectivity index (χ4v) is 6.49. The van der Waals surface area contributed by atoms with E-state index in [-0.39, 0.29) is 30.7 Å². The van der Waals surface area contributed by atoms with Gasteiger partial charge in [-0.3, -0.25) is 14.2 Å². The van der Waals surface area contributed by atoms with Gasteiger partial charge in [0.05, 0.1) is 16.7 Å². The van der Waals surface area contributed by atoms with Crippen LogP contribution in [-0.2, 0) is 32.5 Å². The summed E-state index contributed by atoms with van der Waals surface area (Å²) in [4.78, 5) is 54.4. The normalized spacial score (nSPS) is 15.6. The number of carboxylic acid groups (broad SMARTS) is 1. The zero-order valence-corrected chi connectivity index (χ0v) is 25.8. The second-order valence-electron chi connectivity index (χ2n) is 12.0. The molecule has 234 valence electrons. The molecule has 1 saturated heterocycles. The van der Waals surface area contributed by atoms with Crippen LogP contribution in [0.3, 0.4) is 0 Å². The van der Waals surface area contributed by atoms with E-state index >= 15 is 0 Å². The minimum atomic E-state index is -3.69. The Labute approximate surface area is 246 Å². The number of piperidine rings is 1. The zero-order chi connectivity index (χ0) is 31.1. The summed E-state index contributed by atoms with van der Waals surface area (Å²) < 4.78 is 33.3. The highest BCUT2D eigenvalue weighted by atomic mass is 32.2. The number of aromatic amines is 1. The van der Waals surface area contributed by atoms with Gasteiger partial charge in [-0.2, -0.15) is 0 Å². The number of nitrogens with zero attached hydrogens (tertiary/aromatic N) is 2. The maximum atomic E-state index is 13.3. The van der Waals surface area contributed by atoms with Crippen molar-refractivity contribution in [1.82, 2.24) is 19.2 Å². The number of nitrogens with one attached hydrogen (secondary N) is 2. The molecule has 1 unspecified atom stereocenters. The molecule has 1 atom stereocenters. The Morgan fingerprint density at radius 2 is 1.86 bits per heavy atom. The summed E-state index contributed by atoms with van der Waals surface area (Å²) in [7, 11) is -3.69. The van der Waals surface area contributed by atoms with Gasteiger partial charge in [0.15, 0.2) is 0 Å². The number of carboxylic acids is 1. The minimum absolute atomic E-state index is 0.0985. The van der Waals surface area contributed by atoms with Crippen LogP contribution in [0.15, 0.2) is 27.8 Å². The molecule has 1 aliphatic heterocycles. The Morgan fingerprint density at radius 3 is 2.48 bits per heavy atom. The molecular formula is C29H44N4O8S. The number of carbonyl (C=O) groups is 2. The third-order valence-corrected chi connectivity index (χ3v) is 8.89. The van der Waals surface area contributed by atoms with E-state index in [9.17, 15) is 32.7 Å². The van der Waals surface area contributed by atoms with E-state index in [1.165, 1.54) is 4.57 Å². The van der Waals surface area contributed by atoms with Crippen LogP contribution in [-0.4, -0.2) is 70.5 Å². The zero-order valence-electron chi connectivity index (χ0n) is 25.0. The van der Waals surface area contributed by atoms with E-state index in [4.69, 9.17) is 4.74 Å². The first-order valence-corrected chi connectivity index (χ1v) is 16.3. The average molecular weight is 609 g/mol. The standard InChI is InChI=1S/C29H44N4O8S/c1-5-6-18-42(39,40)31-24(26(35)36)9-7-8-21-10-11-23-22(19-21)25(34)33(27(37)30-23)17-14-20-12-15-32(16-13-20)28(38)41-29(2,3)4/h10-11,19-20,24,31H,5-9,12-18H2,1-4H3,(H,30,37)(H,35,36). The SMILES string of the molecule is CCCCS(=O)(=O)NC(CCCc1ccc2[nH]c(=O)n(CCC3CCN(C(=O)OC(C)(C)C)CC3)c(=O)c2c1)C(=O)O. The van der Waals surface area contributed by atoms with Gasteiger partial charge >= 0.3 is 17.8 Å². The van der Waals surface area contributed by atoms with Gasteiger partial charge in [-0.1, -0.05) is 19.4 Å². The van der Waals surface area contributed by atoms with Gasteiger partial charge in [0.2, 0.25) is 10.0 Å². The molecule has 3 rings (SSSR count). The Hall–Kier alpha value is -3.19. The van der Waals surface area contributed by atoms with Crippen LogP contribution in [0.25, 0.3) is 10.9 Å². The van der Waals surface area contributed by atoms with E-state index < -0.39 is 38.9 Å². The number of carbonyl (C=O) groups excluding carboxylic acids is 1. The van der Waals surface area contributed by atoms with Crippen molar-refractivity contribution in [3.05, 3.63) is 44.6 Å². The first-order valence-electron chi connectivity index (χ1n) is 14.7. The highest BCUT2D eigenvalue weighted by molar-refractivity contribution is 7.89. The van der Waals surface area contributed by atoms with E-state index in [0.717, 1.165) is 18.4 Å². The molecule has 0 bridgehead atoms. The Balaban J connectivity index is 1.61. The first kappa shape index (κ1) is 33.3. The van der Waals surface area contributed by atoms with Crippen LogP contribution in [0.5, 0.6) is 0 Å². The summed E-state index contributed by atoms with van der Waals surface area (Å²) in [6.07, 6.45) is 3.87. The van der Waals surface area contributed by atoms with Crippen molar-refractivity contribution >= 4 is 33.0 Å². The number of hydrogen-bond acceptors (Lipinski definition) is 7. The molecular weight excluding hydrogens is 564 g/mol. The third-order valence-electron chi connectivity index (χ3n) is 7.42. The topological polar surface area (TPSA) is 168 Å². The number of aryl methyl sites for hydroxylation is 1. The number of amides is 1. The van der Waals surface area contributed by atoms with Crippen molar-refractivity contribution in [3.8, 4) is 0 Å². The highest BCUT2D eigenvalue weighted by Crippen LogP contribution is 2.23. The molecule has 1 fully saturated rings. The second kappa shape index (κ2) is 14.3. The Bertz CT molecular complexity index is 1470. The second-order valence-corrected chi connectivity index (χ2v) is 13.9. The van der Waals surface area contributed by atoms with Crippen molar-refractivity contribution in [3.63, 3.8) is 0 Å². The van der Waals surface area contributed by atoms with Crippen LogP contribution in [0, 0.1) is 5.92 Å². The molecule has 1 amide bonds. The van der Waals surface area contributed by atoms with Crippen molar-refractivity contribution < 1.29 is 27.9 Å². The number of unbranched alkanes of at least 4 members (excludes halogenated alkanes) is 1. The number of fused-ring (bicyclic) bond motifs is 1. The van der Waals surface area contributed by atoms with Crippen LogP contribution in [0.2, 0.25) is 0 Å². The molecule has 2 aromatic rings. The maximum Gasteiger partial charge on any atom is 0.410 e. The largest absolute Gasteiger partial charge is 0.480 e. The van der Waals surface area contributed by atoms with Crippen molar-refractivity contribution in [2.24, 2.45) is 5.92 Å². The number of ether oxygens (including phenoxy) is 1. The summed E-state index contributed by atoms with van der Waals surface area (Å²) in [5.41, 5.74) is -0.227. The van der Waals surface area contributed by atoms with Crippen molar-refractivity contribution in [2.45, 2.75) is 97.2 Å². The Morgan fingerprint density at radius 1 is 1.17 bits per heavy atom. The number of likely N-dealkylation sites (tertiary alicyclic amines) is 1. The van der Waals surface area contributed by atoms with Gasteiger partial charge in [-0.05, 0) is 89.3 Å². The molecule has 1 aliphatic rings.